The Morgan fingerprint density at radius 3 is 2.45 bits per heavy atom. The summed E-state index contributed by atoms with van der Waals surface area (Å²) in [4.78, 5) is 12.4. The van der Waals surface area contributed by atoms with E-state index in [-0.39, 0.29) is 23.4 Å². The van der Waals surface area contributed by atoms with Crippen LogP contribution in [0.2, 0.25) is 0 Å². The number of hydrogen-bond donors (Lipinski definition) is 2. The van der Waals surface area contributed by atoms with Crippen molar-refractivity contribution in [2.45, 2.75) is 70.8 Å². The number of carbonyl (C=O) groups excluding carboxylic acids is 1. The number of ketones is 1. The largest absolute Gasteiger partial charge is 0.396 e. The van der Waals surface area contributed by atoms with E-state index in [4.69, 9.17) is 0 Å². The van der Waals surface area contributed by atoms with E-state index in [0.29, 0.717) is 24.0 Å². The Balaban J connectivity index is 1.67. The second-order valence-electron chi connectivity index (χ2n) is 9.24. The maximum atomic E-state index is 12.4. The Bertz CT molecular complexity index is 495. The van der Waals surface area contributed by atoms with Gasteiger partial charge in [-0.15, -0.1) is 0 Å². The number of Topliss-reactive ketones (excluding diaryl/α,β-unsaturated/α-hetero) is 1. The van der Waals surface area contributed by atoms with Crippen molar-refractivity contribution in [1.29, 1.82) is 0 Å². The van der Waals surface area contributed by atoms with Crippen LogP contribution in [0.3, 0.4) is 0 Å². The highest BCUT2D eigenvalue weighted by Gasteiger charge is 2.65. The third kappa shape index (κ3) is 1.67. The number of rotatable bonds is 2. The molecule has 124 valence electrons. The molecule has 5 aliphatic rings. The molecule has 5 saturated carbocycles. The zero-order chi connectivity index (χ0) is 15.8. The average molecular weight is 306 g/mol. The van der Waals surface area contributed by atoms with Crippen LogP contribution in [0.25, 0.3) is 0 Å². The van der Waals surface area contributed by atoms with Gasteiger partial charge in [0.1, 0.15) is 5.78 Å². The van der Waals surface area contributed by atoms with Gasteiger partial charge in [0.25, 0.3) is 0 Å². The van der Waals surface area contributed by atoms with Crippen LogP contribution in [0.4, 0.5) is 0 Å². The Morgan fingerprint density at radius 1 is 1.09 bits per heavy atom. The molecule has 5 rings (SSSR count). The van der Waals surface area contributed by atoms with E-state index >= 15 is 0 Å². The number of fused-ring (bicyclic) bond motifs is 3. The van der Waals surface area contributed by atoms with Gasteiger partial charge in [-0.25, -0.2) is 0 Å². The van der Waals surface area contributed by atoms with E-state index in [1.165, 1.54) is 6.42 Å². The van der Waals surface area contributed by atoms with E-state index < -0.39 is 5.60 Å². The smallest absolute Gasteiger partial charge is 0.139 e. The summed E-state index contributed by atoms with van der Waals surface area (Å²) in [5.41, 5.74) is -0.786. The van der Waals surface area contributed by atoms with Crippen LogP contribution in [0, 0.1) is 34.5 Å². The summed E-state index contributed by atoms with van der Waals surface area (Å²) in [6.45, 7) is 4.58. The lowest BCUT2D eigenvalue weighted by Crippen LogP contribution is -2.65. The van der Waals surface area contributed by atoms with Gasteiger partial charge in [0.05, 0.1) is 5.60 Å². The zero-order valence-electron chi connectivity index (χ0n) is 14.0. The molecule has 3 heteroatoms. The van der Waals surface area contributed by atoms with E-state index in [0.717, 1.165) is 44.4 Å². The number of aliphatic hydroxyl groups is 2. The van der Waals surface area contributed by atoms with Crippen molar-refractivity contribution in [2.75, 3.05) is 6.61 Å². The minimum Gasteiger partial charge on any atom is -0.396 e. The molecule has 22 heavy (non-hydrogen) atoms. The molecule has 0 aliphatic heterocycles. The fourth-order valence-corrected chi connectivity index (χ4v) is 6.94. The van der Waals surface area contributed by atoms with Crippen LogP contribution in [0.5, 0.6) is 0 Å². The highest BCUT2D eigenvalue weighted by Crippen LogP contribution is 2.67. The molecule has 2 N–H and O–H groups in total. The van der Waals surface area contributed by atoms with Crippen molar-refractivity contribution < 1.29 is 15.0 Å². The molecule has 0 spiro atoms. The van der Waals surface area contributed by atoms with Crippen molar-refractivity contribution in [3.8, 4) is 0 Å². The Kier molecular flexibility index (Phi) is 3.14. The van der Waals surface area contributed by atoms with Gasteiger partial charge in [-0.3, -0.25) is 4.79 Å². The molecule has 0 saturated heterocycles. The van der Waals surface area contributed by atoms with Crippen LogP contribution < -0.4 is 0 Å². The first-order valence-electron chi connectivity index (χ1n) is 9.21. The molecule has 3 nitrogen and oxygen atoms in total. The van der Waals surface area contributed by atoms with Crippen LogP contribution in [-0.4, -0.2) is 28.2 Å². The fourth-order valence-electron chi connectivity index (χ4n) is 6.94. The van der Waals surface area contributed by atoms with Gasteiger partial charge >= 0.3 is 0 Å². The monoisotopic (exact) mass is 306 g/mol. The van der Waals surface area contributed by atoms with Gasteiger partial charge in [0.2, 0.25) is 0 Å². The first-order valence-corrected chi connectivity index (χ1v) is 9.21. The van der Waals surface area contributed by atoms with Gasteiger partial charge in [-0.2, -0.15) is 0 Å². The quantitative estimate of drug-likeness (QED) is 0.824. The molecule has 0 radical (unpaired) electrons. The standard InChI is InChI=1S/C19H30O3/c1-17-7-6-15(13(11-20)14(17)3-4-16(17)21)18(2)8-5-12-9-19(18,22)10-12/h12-15,20,22H,3-11H2,1-2H3. The summed E-state index contributed by atoms with van der Waals surface area (Å²) in [7, 11) is 0. The molecule has 5 atom stereocenters. The SMILES string of the molecule is CC12CCC(C3(C)CCC4CC3(O)C4)C(CO)C1CCC2=O. The normalized spacial score (nSPS) is 57.4. The van der Waals surface area contributed by atoms with Crippen molar-refractivity contribution in [1.82, 2.24) is 0 Å². The van der Waals surface area contributed by atoms with Gasteiger partial charge in [0, 0.05) is 18.4 Å². The minimum absolute atomic E-state index is 0.0673. The number of hydrogen-bond acceptors (Lipinski definition) is 3. The van der Waals surface area contributed by atoms with Crippen LogP contribution in [0.1, 0.15) is 65.2 Å². The molecular weight excluding hydrogens is 276 g/mol. The maximum absolute atomic E-state index is 12.4. The van der Waals surface area contributed by atoms with Gasteiger partial charge in [-0.1, -0.05) is 13.8 Å². The van der Waals surface area contributed by atoms with Gasteiger partial charge in [-0.05, 0) is 74.0 Å². The van der Waals surface area contributed by atoms with Gasteiger partial charge in [0.15, 0.2) is 0 Å². The number of carbonyl (C=O) groups is 1. The summed E-state index contributed by atoms with van der Waals surface area (Å²) < 4.78 is 0. The highest BCUT2D eigenvalue weighted by molar-refractivity contribution is 5.87. The fraction of sp³-hybridized carbons (Fsp3) is 0.947. The summed E-state index contributed by atoms with van der Waals surface area (Å²) in [5.74, 6) is 2.02. The molecule has 0 aromatic heterocycles. The van der Waals surface area contributed by atoms with Gasteiger partial charge < -0.3 is 10.2 Å². The maximum Gasteiger partial charge on any atom is 0.139 e. The Morgan fingerprint density at radius 2 is 1.82 bits per heavy atom. The summed E-state index contributed by atoms with van der Waals surface area (Å²) in [5, 5.41) is 21.3. The van der Waals surface area contributed by atoms with E-state index in [2.05, 4.69) is 13.8 Å². The average Bonchev–Trinajstić information content (AvgIpc) is 2.76. The van der Waals surface area contributed by atoms with Crippen molar-refractivity contribution in [3.05, 3.63) is 0 Å². The Hall–Kier alpha value is -0.410. The van der Waals surface area contributed by atoms with E-state index in [9.17, 15) is 15.0 Å². The van der Waals surface area contributed by atoms with Crippen molar-refractivity contribution >= 4 is 5.78 Å². The molecule has 5 fully saturated rings. The molecule has 0 heterocycles. The molecule has 0 aromatic carbocycles. The predicted molar refractivity (Wildman–Crippen MR) is 84.2 cm³/mol. The lowest BCUT2D eigenvalue weighted by molar-refractivity contribution is -0.237. The van der Waals surface area contributed by atoms with E-state index in [1.807, 2.05) is 0 Å². The van der Waals surface area contributed by atoms with E-state index in [1.54, 1.807) is 0 Å². The summed E-state index contributed by atoms with van der Waals surface area (Å²) in [6, 6.07) is 0. The van der Waals surface area contributed by atoms with Crippen LogP contribution >= 0.6 is 0 Å². The van der Waals surface area contributed by atoms with Crippen LogP contribution in [-0.2, 0) is 4.79 Å². The zero-order valence-corrected chi connectivity index (χ0v) is 14.0. The predicted octanol–water partition coefficient (Wildman–Crippen LogP) is 2.93. The summed E-state index contributed by atoms with van der Waals surface area (Å²) in [6.07, 6.45) is 7.81. The third-order valence-corrected chi connectivity index (χ3v) is 8.56. The second-order valence-corrected chi connectivity index (χ2v) is 9.24. The second kappa shape index (κ2) is 4.57. The highest BCUT2D eigenvalue weighted by atomic mass is 16.3. The summed E-state index contributed by atoms with van der Waals surface area (Å²) >= 11 is 0. The first-order chi connectivity index (χ1) is 10.3. The van der Waals surface area contributed by atoms with Crippen molar-refractivity contribution in [3.63, 3.8) is 0 Å². The van der Waals surface area contributed by atoms with Crippen LogP contribution in [0.15, 0.2) is 0 Å². The molecule has 2 bridgehead atoms. The topological polar surface area (TPSA) is 57.5 Å². The van der Waals surface area contributed by atoms with Crippen molar-refractivity contribution in [2.24, 2.45) is 34.5 Å². The lowest BCUT2D eigenvalue weighted by Gasteiger charge is -2.65. The lowest BCUT2D eigenvalue weighted by atomic mass is 9.42. The third-order valence-electron chi connectivity index (χ3n) is 8.56. The number of aliphatic hydroxyl groups excluding tert-OH is 1. The molecular formula is C19H30O3. The molecule has 0 aromatic rings. The Labute approximate surface area is 133 Å². The first kappa shape index (κ1) is 15.1. The molecule has 5 aliphatic carbocycles. The minimum atomic E-state index is -0.510. The molecule has 5 unspecified atom stereocenters. The molecule has 0 amide bonds.